The number of hydrogen-bond acceptors (Lipinski definition) is 5. The van der Waals surface area contributed by atoms with E-state index in [2.05, 4.69) is 17.3 Å². The van der Waals surface area contributed by atoms with Crippen LogP contribution in [0.1, 0.15) is 13.8 Å². The van der Waals surface area contributed by atoms with Gasteiger partial charge in [-0.05, 0) is 13.8 Å². The van der Waals surface area contributed by atoms with Crippen molar-refractivity contribution in [1.29, 1.82) is 0 Å². The van der Waals surface area contributed by atoms with Gasteiger partial charge in [0.25, 0.3) is 0 Å². The van der Waals surface area contributed by atoms with Gasteiger partial charge in [-0.1, -0.05) is 12.2 Å². The molecule has 0 heterocycles. The molecule has 0 fully saturated rings. The summed E-state index contributed by atoms with van der Waals surface area (Å²) in [6.07, 6.45) is 0. The molecule has 0 unspecified atom stereocenters. The summed E-state index contributed by atoms with van der Waals surface area (Å²) < 4.78 is -0.321. The lowest BCUT2D eigenvalue weighted by atomic mass is 10.4. The van der Waals surface area contributed by atoms with Crippen molar-refractivity contribution >= 4 is 6.03 Å². The van der Waals surface area contributed by atoms with Crippen molar-refractivity contribution in [3.05, 3.63) is 12.2 Å². The summed E-state index contributed by atoms with van der Waals surface area (Å²) in [6.45, 7) is 7.49. The van der Waals surface area contributed by atoms with Crippen LogP contribution in [0.5, 0.6) is 0 Å². The summed E-state index contributed by atoms with van der Waals surface area (Å²) in [4.78, 5) is 21.1. The molecule has 0 aliphatic carbocycles. The Morgan fingerprint density at radius 2 is 1.95 bits per heavy atom. The Morgan fingerprint density at radius 1 is 1.32 bits per heavy atom. The second-order valence-corrected chi connectivity index (χ2v) is 4.15. The first-order valence-electron chi connectivity index (χ1n) is 6.02. The van der Waals surface area contributed by atoms with Crippen molar-refractivity contribution in [1.82, 2.24) is 10.7 Å². The van der Waals surface area contributed by atoms with Crippen LogP contribution in [0.2, 0.25) is 0 Å². The van der Waals surface area contributed by atoms with Crippen molar-refractivity contribution in [2.24, 2.45) is 0 Å². The molecular weight excluding hydrogens is 254 g/mol. The molecule has 0 rings (SSSR count). The minimum absolute atomic E-state index is 0.186. The first-order valence-corrected chi connectivity index (χ1v) is 6.02. The topological polar surface area (TPSA) is 100 Å². The highest BCUT2D eigenvalue weighted by atomic mass is 17.2. The first-order chi connectivity index (χ1) is 8.99. The minimum atomic E-state index is -0.506. The maximum Gasteiger partial charge on any atom is 0.359 e. The third-order valence-corrected chi connectivity index (χ3v) is 2.35. The summed E-state index contributed by atoms with van der Waals surface area (Å²) in [5.74, 6) is 0. The average molecular weight is 278 g/mol. The number of aliphatic hydroxyl groups excluding tert-OH is 2. The highest BCUT2D eigenvalue weighted by Crippen LogP contribution is 1.97. The highest BCUT2D eigenvalue weighted by Gasteiger charge is 2.26. The number of aliphatic hydroxyl groups is 2. The van der Waals surface area contributed by atoms with Crippen molar-refractivity contribution in [2.75, 3.05) is 39.8 Å². The molecule has 4 N–H and O–H groups in total. The second kappa shape index (κ2) is 9.70. The molecule has 8 nitrogen and oxygen atoms in total. The molecule has 0 aromatic carbocycles. The van der Waals surface area contributed by atoms with E-state index in [4.69, 9.17) is 20.0 Å². The van der Waals surface area contributed by atoms with Crippen LogP contribution in [0.4, 0.5) is 4.79 Å². The van der Waals surface area contributed by atoms with Crippen LogP contribution in [-0.2, 0) is 9.78 Å². The van der Waals surface area contributed by atoms with Gasteiger partial charge in [-0.3, -0.25) is 0 Å². The maximum atomic E-state index is 11.5. The van der Waals surface area contributed by atoms with Gasteiger partial charge < -0.3 is 15.5 Å². The van der Waals surface area contributed by atoms with E-state index in [1.165, 1.54) is 0 Å². The molecule has 0 aromatic heterocycles. The Morgan fingerprint density at radius 3 is 2.42 bits per heavy atom. The number of urea groups is 1. The van der Waals surface area contributed by atoms with Crippen LogP contribution in [0, 0.1) is 0 Å². The van der Waals surface area contributed by atoms with Crippen LogP contribution in [0.3, 0.4) is 0 Å². The van der Waals surface area contributed by atoms with Crippen LogP contribution in [0.15, 0.2) is 12.2 Å². The van der Waals surface area contributed by atoms with E-state index >= 15 is 0 Å². The molecule has 0 saturated heterocycles. The average Bonchev–Trinajstić information content (AvgIpc) is 2.40. The van der Waals surface area contributed by atoms with Crippen molar-refractivity contribution in [2.45, 2.75) is 13.8 Å². The predicted molar refractivity (Wildman–Crippen MR) is 68.2 cm³/mol. The second-order valence-electron chi connectivity index (χ2n) is 4.15. The third kappa shape index (κ3) is 7.75. The zero-order valence-electron chi connectivity index (χ0n) is 11.5. The number of quaternary nitrogens is 1. The molecule has 0 aromatic rings. The van der Waals surface area contributed by atoms with E-state index in [0.717, 1.165) is 5.57 Å². The van der Waals surface area contributed by atoms with Crippen LogP contribution in [-0.4, -0.2) is 60.6 Å². The zero-order valence-corrected chi connectivity index (χ0v) is 11.5. The smallest absolute Gasteiger partial charge is 0.345 e. The van der Waals surface area contributed by atoms with E-state index in [1.807, 2.05) is 0 Å². The molecule has 2 amide bonds. The Hall–Kier alpha value is -1.19. The van der Waals surface area contributed by atoms with Crippen molar-refractivity contribution < 1.29 is 29.4 Å². The van der Waals surface area contributed by atoms with E-state index < -0.39 is 19.5 Å². The molecule has 0 saturated carbocycles. The van der Waals surface area contributed by atoms with Gasteiger partial charge in [0.1, 0.15) is 13.2 Å². The van der Waals surface area contributed by atoms with Gasteiger partial charge >= 0.3 is 6.03 Å². The van der Waals surface area contributed by atoms with Gasteiger partial charge in [0.05, 0.1) is 6.61 Å². The quantitative estimate of drug-likeness (QED) is 0.107. The summed E-state index contributed by atoms with van der Waals surface area (Å²) in [5, 5.41) is 20.8. The molecule has 0 radical (unpaired) electrons. The van der Waals surface area contributed by atoms with E-state index in [1.54, 1.807) is 13.8 Å². The zero-order chi connectivity index (χ0) is 14.7. The Balaban J connectivity index is 3.77. The summed E-state index contributed by atoms with van der Waals surface area (Å²) in [7, 11) is 0. The molecule has 8 heteroatoms. The number of nitrogens with one attached hydrogen (secondary N) is 2. The van der Waals surface area contributed by atoms with Crippen LogP contribution >= 0.6 is 0 Å². The lowest BCUT2D eigenvalue weighted by Gasteiger charge is -2.31. The SMILES string of the molecule is C=C(C)COOCCNC(=O)N[N+](CC)(CO)CO. The fourth-order valence-corrected chi connectivity index (χ4v) is 1.06. The summed E-state index contributed by atoms with van der Waals surface area (Å²) in [6, 6.07) is -0.506. The maximum absolute atomic E-state index is 11.5. The third-order valence-electron chi connectivity index (χ3n) is 2.35. The molecule has 0 bridgehead atoms. The Kier molecular flexibility index (Phi) is 9.09. The largest absolute Gasteiger partial charge is 0.359 e. The fraction of sp³-hybridized carbons (Fsp3) is 0.727. The summed E-state index contributed by atoms with van der Waals surface area (Å²) >= 11 is 0. The van der Waals surface area contributed by atoms with Crippen molar-refractivity contribution in [3.8, 4) is 0 Å². The lowest BCUT2D eigenvalue weighted by Crippen LogP contribution is -2.63. The first kappa shape index (κ1) is 17.8. The minimum Gasteiger partial charge on any atom is -0.345 e. The van der Waals surface area contributed by atoms with Gasteiger partial charge in [-0.25, -0.2) is 14.6 Å². The fourth-order valence-electron chi connectivity index (χ4n) is 1.06. The van der Waals surface area contributed by atoms with Crippen molar-refractivity contribution in [3.63, 3.8) is 0 Å². The van der Waals surface area contributed by atoms with Gasteiger partial charge in [0.2, 0.25) is 13.5 Å². The van der Waals surface area contributed by atoms with E-state index in [0.29, 0.717) is 13.2 Å². The molecular formula is C11H24N3O5+. The van der Waals surface area contributed by atoms with Gasteiger partial charge in [-0.15, -0.1) is 0 Å². The van der Waals surface area contributed by atoms with Gasteiger partial charge in [-0.2, -0.15) is 10.0 Å². The number of carbonyl (C=O) groups is 1. The van der Waals surface area contributed by atoms with E-state index in [-0.39, 0.29) is 17.7 Å². The molecule has 0 spiro atoms. The normalized spacial score (nSPS) is 11.2. The predicted octanol–water partition coefficient (Wildman–Crippen LogP) is -0.539. The molecule has 19 heavy (non-hydrogen) atoms. The number of carbonyl (C=O) groups excluding carboxylic acids is 1. The van der Waals surface area contributed by atoms with Crippen LogP contribution < -0.4 is 10.7 Å². The highest BCUT2D eigenvalue weighted by molar-refractivity contribution is 5.72. The Labute approximate surface area is 113 Å². The Bertz CT molecular complexity index is 273. The summed E-state index contributed by atoms with van der Waals surface area (Å²) in [5.41, 5.74) is 3.30. The van der Waals surface area contributed by atoms with E-state index in [9.17, 15) is 4.79 Å². The number of rotatable bonds is 10. The molecule has 0 aliphatic rings. The molecule has 0 aliphatic heterocycles. The number of nitrogens with zero attached hydrogens (tertiary/aromatic N) is 1. The molecule has 112 valence electrons. The number of amides is 2. The van der Waals surface area contributed by atoms with Crippen LogP contribution in [0.25, 0.3) is 0 Å². The number of hydrogen-bond donors (Lipinski definition) is 4. The standard InChI is InChI=1S/C11H23N3O5/c1-4-14(8-15,9-16)13-11(17)12-5-6-18-19-7-10(2)3/h15-16H,2,4-9H2,1,3H3,(H-,12,13,17)/p+1. The lowest BCUT2D eigenvalue weighted by molar-refractivity contribution is -0.990. The molecule has 0 atom stereocenters. The van der Waals surface area contributed by atoms with Gasteiger partial charge in [0.15, 0.2) is 0 Å². The monoisotopic (exact) mass is 278 g/mol. The van der Waals surface area contributed by atoms with Gasteiger partial charge in [0, 0.05) is 6.54 Å².